The van der Waals surface area contributed by atoms with Crippen molar-refractivity contribution in [1.29, 1.82) is 0 Å². The maximum absolute atomic E-state index is 12.0. The van der Waals surface area contributed by atoms with Crippen LogP contribution in [0.25, 0.3) is 0 Å². The van der Waals surface area contributed by atoms with Gasteiger partial charge in [-0.15, -0.1) is 6.42 Å². The molecule has 1 heterocycles. The first-order valence-corrected chi connectivity index (χ1v) is 6.38. The fourth-order valence-electron chi connectivity index (χ4n) is 2.30. The third kappa shape index (κ3) is 2.75. The third-order valence-corrected chi connectivity index (χ3v) is 3.37. The molecule has 0 bridgehead atoms. The minimum atomic E-state index is -0.930. The standard InChI is InChI=1S/C15H16N2O3/c1-3-10(2)16-15(20)17-8-7-12-11(9-17)5-4-6-13(12)14(18)19/h1,4-6,10H,7-9H2,2H3,(H,16,20)(H,18,19). The van der Waals surface area contributed by atoms with E-state index in [0.29, 0.717) is 25.1 Å². The Hall–Kier alpha value is -2.48. The molecule has 20 heavy (non-hydrogen) atoms. The van der Waals surface area contributed by atoms with E-state index >= 15 is 0 Å². The Balaban J connectivity index is 2.16. The Bertz CT molecular complexity index is 589. The van der Waals surface area contributed by atoms with Gasteiger partial charge in [0.05, 0.1) is 11.6 Å². The van der Waals surface area contributed by atoms with Gasteiger partial charge in [0, 0.05) is 13.1 Å². The molecule has 5 nitrogen and oxygen atoms in total. The van der Waals surface area contributed by atoms with Crippen LogP contribution in [0.2, 0.25) is 0 Å². The number of benzene rings is 1. The third-order valence-electron chi connectivity index (χ3n) is 3.37. The molecule has 0 fully saturated rings. The molecule has 0 aromatic heterocycles. The summed E-state index contributed by atoms with van der Waals surface area (Å²) in [6, 6.07) is 4.60. The molecule has 104 valence electrons. The molecule has 2 amide bonds. The smallest absolute Gasteiger partial charge is 0.335 e. The van der Waals surface area contributed by atoms with Crippen molar-refractivity contribution in [3.63, 3.8) is 0 Å². The molecule has 0 saturated heterocycles. The van der Waals surface area contributed by atoms with Crippen LogP contribution in [0.4, 0.5) is 4.79 Å². The van der Waals surface area contributed by atoms with E-state index < -0.39 is 5.97 Å². The molecule has 1 aliphatic rings. The highest BCUT2D eigenvalue weighted by molar-refractivity contribution is 5.90. The van der Waals surface area contributed by atoms with Gasteiger partial charge < -0.3 is 15.3 Å². The molecule has 0 spiro atoms. The van der Waals surface area contributed by atoms with Crippen molar-refractivity contribution in [1.82, 2.24) is 10.2 Å². The molecule has 1 aromatic carbocycles. The number of hydrogen-bond donors (Lipinski definition) is 2. The molecule has 5 heteroatoms. The van der Waals surface area contributed by atoms with E-state index in [9.17, 15) is 9.59 Å². The highest BCUT2D eigenvalue weighted by atomic mass is 16.4. The number of rotatable bonds is 2. The summed E-state index contributed by atoms with van der Waals surface area (Å²) in [4.78, 5) is 24.8. The normalized spacial score (nSPS) is 14.9. The zero-order valence-electron chi connectivity index (χ0n) is 11.2. The zero-order valence-corrected chi connectivity index (χ0v) is 11.2. The monoisotopic (exact) mass is 272 g/mol. The van der Waals surface area contributed by atoms with Crippen molar-refractivity contribution in [2.75, 3.05) is 6.54 Å². The first-order valence-electron chi connectivity index (χ1n) is 6.38. The summed E-state index contributed by atoms with van der Waals surface area (Å²) in [5.41, 5.74) is 2.01. The summed E-state index contributed by atoms with van der Waals surface area (Å²) in [6.45, 7) is 2.62. The van der Waals surface area contributed by atoms with Crippen molar-refractivity contribution in [2.24, 2.45) is 0 Å². The van der Waals surface area contributed by atoms with Crippen LogP contribution in [0.1, 0.15) is 28.4 Å². The number of carbonyl (C=O) groups is 2. The first-order chi connectivity index (χ1) is 9.52. The highest BCUT2D eigenvalue weighted by Crippen LogP contribution is 2.22. The number of urea groups is 1. The van der Waals surface area contributed by atoms with Crippen LogP contribution in [0.15, 0.2) is 18.2 Å². The number of nitrogens with zero attached hydrogens (tertiary/aromatic N) is 1. The molecule has 1 unspecified atom stereocenters. The molecule has 0 radical (unpaired) electrons. The van der Waals surface area contributed by atoms with Crippen LogP contribution < -0.4 is 5.32 Å². The average molecular weight is 272 g/mol. The van der Waals surface area contributed by atoms with Crippen molar-refractivity contribution in [3.8, 4) is 12.3 Å². The summed E-state index contributed by atoms with van der Waals surface area (Å²) in [5.74, 6) is 1.51. The predicted octanol–water partition coefficient (Wildman–Crippen LogP) is 1.47. The van der Waals surface area contributed by atoms with Crippen molar-refractivity contribution < 1.29 is 14.7 Å². The Kier molecular flexibility index (Phi) is 3.94. The van der Waals surface area contributed by atoms with Gasteiger partial charge in [-0.3, -0.25) is 0 Å². The van der Waals surface area contributed by atoms with Crippen LogP contribution in [-0.2, 0) is 13.0 Å². The number of carboxylic acids is 1. The van der Waals surface area contributed by atoms with Gasteiger partial charge in [-0.1, -0.05) is 18.1 Å². The molecule has 0 saturated carbocycles. The fourth-order valence-corrected chi connectivity index (χ4v) is 2.30. The number of carbonyl (C=O) groups excluding carboxylic acids is 1. The number of amides is 2. The van der Waals surface area contributed by atoms with Crippen molar-refractivity contribution in [3.05, 3.63) is 34.9 Å². The van der Waals surface area contributed by atoms with E-state index in [1.165, 1.54) is 0 Å². The Morgan fingerprint density at radius 3 is 2.90 bits per heavy atom. The number of fused-ring (bicyclic) bond motifs is 1. The Labute approximate surface area is 117 Å². The summed E-state index contributed by atoms with van der Waals surface area (Å²) < 4.78 is 0. The lowest BCUT2D eigenvalue weighted by Crippen LogP contribution is -2.45. The van der Waals surface area contributed by atoms with Crippen molar-refractivity contribution in [2.45, 2.75) is 25.9 Å². The van der Waals surface area contributed by atoms with Gasteiger partial charge in [-0.25, -0.2) is 9.59 Å². The molecule has 1 atom stereocenters. The summed E-state index contributed by atoms with van der Waals surface area (Å²) in [7, 11) is 0. The largest absolute Gasteiger partial charge is 0.478 e. The van der Waals surface area contributed by atoms with Gasteiger partial charge in [0.2, 0.25) is 0 Å². The highest BCUT2D eigenvalue weighted by Gasteiger charge is 2.24. The Morgan fingerprint density at radius 1 is 1.50 bits per heavy atom. The topological polar surface area (TPSA) is 69.6 Å². The lowest BCUT2D eigenvalue weighted by molar-refractivity contribution is 0.0695. The van der Waals surface area contributed by atoms with Gasteiger partial charge in [0.25, 0.3) is 0 Å². The van der Waals surface area contributed by atoms with Gasteiger partial charge in [-0.05, 0) is 30.5 Å². The number of aromatic carboxylic acids is 1. The van der Waals surface area contributed by atoms with Gasteiger partial charge in [0.15, 0.2) is 0 Å². The zero-order chi connectivity index (χ0) is 14.7. The molecule has 2 rings (SSSR count). The van der Waals surface area contributed by atoms with Crippen LogP contribution in [0.3, 0.4) is 0 Å². The number of terminal acetylenes is 1. The van der Waals surface area contributed by atoms with Crippen molar-refractivity contribution >= 4 is 12.0 Å². The number of nitrogens with one attached hydrogen (secondary N) is 1. The molecular formula is C15H16N2O3. The molecule has 2 N–H and O–H groups in total. The second-order valence-electron chi connectivity index (χ2n) is 4.76. The maximum Gasteiger partial charge on any atom is 0.335 e. The summed E-state index contributed by atoms with van der Waals surface area (Å²) in [6.07, 6.45) is 5.77. The summed E-state index contributed by atoms with van der Waals surface area (Å²) >= 11 is 0. The van der Waals surface area contributed by atoms with Crippen LogP contribution in [0.5, 0.6) is 0 Å². The second kappa shape index (κ2) is 5.66. The predicted molar refractivity (Wildman–Crippen MR) is 74.3 cm³/mol. The van der Waals surface area contributed by atoms with E-state index in [1.807, 2.05) is 6.07 Å². The molecule has 0 aliphatic carbocycles. The van der Waals surface area contributed by atoms with Crippen LogP contribution in [0, 0.1) is 12.3 Å². The molecule has 1 aromatic rings. The average Bonchev–Trinajstić information content (AvgIpc) is 2.45. The molecule has 1 aliphatic heterocycles. The van der Waals surface area contributed by atoms with Gasteiger partial charge in [0.1, 0.15) is 0 Å². The lowest BCUT2D eigenvalue weighted by Gasteiger charge is -2.30. The number of hydrogen-bond acceptors (Lipinski definition) is 2. The van der Waals surface area contributed by atoms with E-state index in [1.54, 1.807) is 24.0 Å². The Morgan fingerprint density at radius 2 is 2.25 bits per heavy atom. The number of carboxylic acid groups (broad SMARTS) is 1. The lowest BCUT2D eigenvalue weighted by atomic mass is 9.94. The van der Waals surface area contributed by atoms with E-state index in [0.717, 1.165) is 11.1 Å². The van der Waals surface area contributed by atoms with Crippen LogP contribution in [-0.4, -0.2) is 34.6 Å². The van der Waals surface area contributed by atoms with Crippen LogP contribution >= 0.6 is 0 Å². The van der Waals surface area contributed by atoms with E-state index in [4.69, 9.17) is 11.5 Å². The maximum atomic E-state index is 12.0. The van der Waals surface area contributed by atoms with Gasteiger partial charge in [-0.2, -0.15) is 0 Å². The minimum absolute atomic E-state index is 0.221. The second-order valence-corrected chi connectivity index (χ2v) is 4.76. The SMILES string of the molecule is C#CC(C)NC(=O)N1CCc2c(cccc2C(=O)O)C1. The van der Waals surface area contributed by atoms with E-state index in [2.05, 4.69) is 11.2 Å². The van der Waals surface area contributed by atoms with E-state index in [-0.39, 0.29) is 12.1 Å². The first kappa shape index (κ1) is 13.9. The minimum Gasteiger partial charge on any atom is -0.478 e. The quantitative estimate of drug-likeness (QED) is 0.801. The van der Waals surface area contributed by atoms with Gasteiger partial charge >= 0.3 is 12.0 Å². The summed E-state index contributed by atoms with van der Waals surface area (Å²) in [5, 5.41) is 11.9. The fraction of sp³-hybridized carbons (Fsp3) is 0.333. The molecular weight excluding hydrogens is 256 g/mol.